The van der Waals surface area contributed by atoms with Crippen LogP contribution in [0.1, 0.15) is 6.42 Å². The van der Waals surface area contributed by atoms with E-state index in [1.807, 2.05) is 17.0 Å². The molecular formula is C17H17ClN6O2. The number of non-ortho nitro benzene ring substituents is 1. The first-order chi connectivity index (χ1) is 12.5. The number of rotatable bonds is 8. The first-order valence-corrected chi connectivity index (χ1v) is 8.20. The highest BCUT2D eigenvalue weighted by Gasteiger charge is 2.09. The van der Waals surface area contributed by atoms with Crippen LogP contribution in [0, 0.1) is 21.4 Å². The molecule has 0 amide bonds. The zero-order chi connectivity index (χ0) is 18.9. The summed E-state index contributed by atoms with van der Waals surface area (Å²) < 4.78 is 0. The molecule has 0 aliphatic rings. The van der Waals surface area contributed by atoms with Crippen molar-refractivity contribution in [2.75, 3.05) is 24.5 Å². The fourth-order valence-electron chi connectivity index (χ4n) is 2.24. The van der Waals surface area contributed by atoms with Gasteiger partial charge in [0.2, 0.25) is 0 Å². The van der Waals surface area contributed by atoms with Crippen molar-refractivity contribution >= 4 is 34.4 Å². The van der Waals surface area contributed by atoms with Gasteiger partial charge in [0.15, 0.2) is 0 Å². The number of nitrogens with two attached hydrogens (primary N) is 1. The van der Waals surface area contributed by atoms with Crippen molar-refractivity contribution in [1.29, 1.82) is 5.26 Å². The summed E-state index contributed by atoms with van der Waals surface area (Å²) in [6, 6.07) is 13.4. The fourth-order valence-corrected chi connectivity index (χ4v) is 2.46. The van der Waals surface area contributed by atoms with Gasteiger partial charge in [-0.1, -0.05) is 11.6 Å². The summed E-state index contributed by atoms with van der Waals surface area (Å²) in [5, 5.41) is 27.7. The van der Waals surface area contributed by atoms with E-state index in [2.05, 4.69) is 16.3 Å². The molecule has 2 rings (SSSR count). The molecule has 8 nitrogen and oxygen atoms in total. The molecule has 0 aromatic heterocycles. The van der Waals surface area contributed by atoms with Gasteiger partial charge < -0.3 is 10.6 Å². The van der Waals surface area contributed by atoms with Crippen molar-refractivity contribution in [3.63, 3.8) is 0 Å². The Morgan fingerprint density at radius 3 is 2.50 bits per heavy atom. The molecule has 0 radical (unpaired) electrons. The van der Waals surface area contributed by atoms with Gasteiger partial charge >= 0.3 is 0 Å². The number of anilines is 1. The van der Waals surface area contributed by atoms with Gasteiger partial charge in [0, 0.05) is 37.5 Å². The maximum absolute atomic E-state index is 10.7. The SMILES string of the molecule is N#CCCN(CCN)c1ccc(N=Nc2ccc([N+](=O)[O-])cc2Cl)cc1. The average Bonchev–Trinajstić information content (AvgIpc) is 2.64. The predicted octanol–water partition coefficient (Wildman–Crippen LogP) is 4.34. The average molecular weight is 373 g/mol. The van der Waals surface area contributed by atoms with E-state index in [0.29, 0.717) is 37.4 Å². The second-order valence-corrected chi connectivity index (χ2v) is 5.70. The molecule has 2 aromatic carbocycles. The number of nitro benzene ring substituents is 1. The van der Waals surface area contributed by atoms with Gasteiger partial charge in [0.05, 0.1) is 28.1 Å². The van der Waals surface area contributed by atoms with Gasteiger partial charge in [0.25, 0.3) is 5.69 Å². The van der Waals surface area contributed by atoms with Crippen LogP contribution in [0.3, 0.4) is 0 Å². The van der Waals surface area contributed by atoms with E-state index in [0.717, 1.165) is 5.69 Å². The highest BCUT2D eigenvalue weighted by molar-refractivity contribution is 6.33. The van der Waals surface area contributed by atoms with Gasteiger partial charge in [-0.25, -0.2) is 0 Å². The molecule has 0 fully saturated rings. The summed E-state index contributed by atoms with van der Waals surface area (Å²) in [7, 11) is 0. The molecule has 2 N–H and O–H groups in total. The van der Waals surface area contributed by atoms with Crippen molar-refractivity contribution in [2.24, 2.45) is 16.0 Å². The quantitative estimate of drug-likeness (QED) is 0.419. The number of benzene rings is 2. The highest BCUT2D eigenvalue weighted by atomic mass is 35.5. The smallest absolute Gasteiger partial charge is 0.271 e. The van der Waals surface area contributed by atoms with Crippen molar-refractivity contribution in [2.45, 2.75) is 6.42 Å². The molecule has 0 atom stereocenters. The topological polar surface area (TPSA) is 121 Å². The Morgan fingerprint density at radius 1 is 1.19 bits per heavy atom. The third kappa shape index (κ3) is 5.24. The van der Waals surface area contributed by atoms with Crippen LogP contribution in [0.5, 0.6) is 0 Å². The fraction of sp³-hybridized carbons (Fsp3) is 0.235. The van der Waals surface area contributed by atoms with Crippen LogP contribution in [-0.2, 0) is 0 Å². The van der Waals surface area contributed by atoms with Crippen LogP contribution in [0.15, 0.2) is 52.7 Å². The summed E-state index contributed by atoms with van der Waals surface area (Å²) in [5.41, 5.74) is 7.41. The van der Waals surface area contributed by atoms with E-state index in [1.165, 1.54) is 18.2 Å². The second-order valence-electron chi connectivity index (χ2n) is 5.29. The molecule has 134 valence electrons. The number of azo groups is 1. The van der Waals surface area contributed by atoms with Gasteiger partial charge in [-0.15, -0.1) is 5.11 Å². The molecule has 0 unspecified atom stereocenters. The largest absolute Gasteiger partial charge is 0.369 e. The Bertz CT molecular complexity index is 832. The molecule has 0 saturated heterocycles. The minimum absolute atomic E-state index is 0.101. The number of hydrogen-bond donors (Lipinski definition) is 1. The van der Waals surface area contributed by atoms with Gasteiger partial charge in [-0.05, 0) is 30.3 Å². The first kappa shape index (κ1) is 19.3. The lowest BCUT2D eigenvalue weighted by Gasteiger charge is -2.23. The van der Waals surface area contributed by atoms with Gasteiger partial charge in [-0.3, -0.25) is 10.1 Å². The standard InChI is InChI=1S/C17H17ClN6O2/c18-16-12-15(24(25)26)6-7-17(16)22-21-13-2-4-14(5-3-13)23(11-9-20)10-1-8-19/h2-7,12H,1,9-11,20H2. The molecule has 0 bridgehead atoms. The first-order valence-electron chi connectivity index (χ1n) is 7.83. The summed E-state index contributed by atoms with van der Waals surface area (Å²) >= 11 is 5.99. The minimum Gasteiger partial charge on any atom is -0.369 e. The van der Waals surface area contributed by atoms with Crippen molar-refractivity contribution < 1.29 is 4.92 Å². The molecule has 0 saturated carbocycles. The number of halogens is 1. The van der Waals surface area contributed by atoms with E-state index in [9.17, 15) is 10.1 Å². The number of nitriles is 1. The van der Waals surface area contributed by atoms with Crippen LogP contribution in [0.2, 0.25) is 5.02 Å². The Balaban J connectivity index is 2.12. The van der Waals surface area contributed by atoms with Crippen LogP contribution >= 0.6 is 11.6 Å². The lowest BCUT2D eigenvalue weighted by Crippen LogP contribution is -2.30. The third-order valence-corrected chi connectivity index (χ3v) is 3.83. The maximum Gasteiger partial charge on any atom is 0.271 e. The van der Waals surface area contributed by atoms with Crippen molar-refractivity contribution in [1.82, 2.24) is 0 Å². The van der Waals surface area contributed by atoms with E-state index in [1.54, 1.807) is 12.1 Å². The number of nitrogens with zero attached hydrogens (tertiary/aromatic N) is 5. The molecule has 0 spiro atoms. The number of nitro groups is 1. The minimum atomic E-state index is -0.523. The lowest BCUT2D eigenvalue weighted by atomic mass is 10.2. The van der Waals surface area contributed by atoms with Crippen LogP contribution in [0.4, 0.5) is 22.7 Å². The maximum atomic E-state index is 10.7. The molecule has 0 aliphatic carbocycles. The highest BCUT2D eigenvalue weighted by Crippen LogP contribution is 2.30. The van der Waals surface area contributed by atoms with Crippen molar-refractivity contribution in [3.8, 4) is 6.07 Å². The number of hydrogen-bond acceptors (Lipinski definition) is 7. The normalized spacial score (nSPS) is 10.7. The van der Waals surface area contributed by atoms with Gasteiger partial charge in [-0.2, -0.15) is 10.4 Å². The molecule has 9 heteroatoms. The third-order valence-electron chi connectivity index (χ3n) is 3.52. The molecule has 26 heavy (non-hydrogen) atoms. The zero-order valence-corrected chi connectivity index (χ0v) is 14.6. The van der Waals surface area contributed by atoms with E-state index in [-0.39, 0.29) is 10.7 Å². The summed E-state index contributed by atoms with van der Waals surface area (Å²) in [4.78, 5) is 12.2. The van der Waals surface area contributed by atoms with E-state index >= 15 is 0 Å². The Morgan fingerprint density at radius 2 is 1.92 bits per heavy atom. The van der Waals surface area contributed by atoms with Crippen LogP contribution in [-0.4, -0.2) is 24.6 Å². The van der Waals surface area contributed by atoms with Crippen molar-refractivity contribution in [3.05, 3.63) is 57.6 Å². The second kappa shape index (κ2) is 9.46. The molecular weight excluding hydrogens is 356 g/mol. The Labute approximate surface area is 155 Å². The zero-order valence-electron chi connectivity index (χ0n) is 13.9. The van der Waals surface area contributed by atoms with E-state index in [4.69, 9.17) is 22.6 Å². The molecule has 0 heterocycles. The summed E-state index contributed by atoms with van der Waals surface area (Å²) in [5.74, 6) is 0. The predicted molar refractivity (Wildman–Crippen MR) is 100 cm³/mol. The van der Waals surface area contributed by atoms with Crippen LogP contribution < -0.4 is 10.6 Å². The van der Waals surface area contributed by atoms with Gasteiger partial charge in [0.1, 0.15) is 5.69 Å². The summed E-state index contributed by atoms with van der Waals surface area (Å²) in [6.45, 7) is 1.75. The monoisotopic (exact) mass is 372 g/mol. The van der Waals surface area contributed by atoms with E-state index < -0.39 is 4.92 Å². The summed E-state index contributed by atoms with van der Waals surface area (Å²) in [6.07, 6.45) is 0.417. The Kier molecular flexibility index (Phi) is 7.02. The van der Waals surface area contributed by atoms with Crippen LogP contribution in [0.25, 0.3) is 0 Å². The Hall–Kier alpha value is -3.02. The molecule has 0 aliphatic heterocycles. The molecule has 2 aromatic rings. The lowest BCUT2D eigenvalue weighted by molar-refractivity contribution is -0.384.